The summed E-state index contributed by atoms with van der Waals surface area (Å²) in [5.41, 5.74) is 1.79. The molecule has 0 fully saturated rings. The number of alkyl carbamates (subject to hydrolysis) is 1. The average Bonchev–Trinajstić information content (AvgIpc) is 2.48. The third-order valence-corrected chi connectivity index (χ3v) is 2.78. The highest BCUT2D eigenvalue weighted by molar-refractivity contribution is 6.32. The van der Waals surface area contributed by atoms with Crippen LogP contribution >= 0.6 is 11.6 Å². The Bertz CT molecular complexity index is 589. The first kappa shape index (κ1) is 14.1. The minimum atomic E-state index is -0.458. The number of carbonyl (C=O) groups excluding carboxylic acids is 1. The highest BCUT2D eigenvalue weighted by Gasteiger charge is 2.02. The Kier molecular flexibility index (Phi) is 4.73. The van der Waals surface area contributed by atoms with Crippen LogP contribution in [0.4, 0.5) is 16.3 Å². The maximum atomic E-state index is 11.0. The van der Waals surface area contributed by atoms with Crippen LogP contribution in [0.25, 0.3) is 0 Å². The van der Waals surface area contributed by atoms with Crippen LogP contribution in [0.3, 0.4) is 0 Å². The monoisotopic (exact) mass is 292 g/mol. The second-order valence-electron chi connectivity index (χ2n) is 3.89. The third-order valence-electron chi connectivity index (χ3n) is 2.51. The fourth-order valence-electron chi connectivity index (χ4n) is 1.49. The van der Waals surface area contributed by atoms with E-state index in [-0.39, 0.29) is 0 Å². The number of benzene rings is 1. The van der Waals surface area contributed by atoms with E-state index in [4.69, 9.17) is 11.6 Å². The summed E-state index contributed by atoms with van der Waals surface area (Å²) >= 11 is 5.96. The summed E-state index contributed by atoms with van der Waals surface area (Å²) in [5.74, 6) is 0.544. The van der Waals surface area contributed by atoms with Gasteiger partial charge in [0.2, 0.25) is 0 Å². The molecule has 0 saturated heterocycles. The predicted octanol–water partition coefficient (Wildman–Crippen LogP) is 2.73. The van der Waals surface area contributed by atoms with Gasteiger partial charge in [0.25, 0.3) is 0 Å². The lowest BCUT2D eigenvalue weighted by Crippen LogP contribution is -2.22. The Morgan fingerprint density at radius 2 is 2.10 bits per heavy atom. The smallest absolute Gasteiger partial charge is 0.407 e. The fourth-order valence-corrected chi connectivity index (χ4v) is 1.65. The number of hydrogen-bond acceptors (Lipinski definition) is 5. The Hall–Kier alpha value is -2.34. The predicted molar refractivity (Wildman–Crippen MR) is 76.0 cm³/mol. The van der Waals surface area contributed by atoms with Gasteiger partial charge in [0.05, 0.1) is 13.3 Å². The van der Waals surface area contributed by atoms with Crippen molar-refractivity contribution < 1.29 is 9.53 Å². The molecule has 6 nitrogen and oxygen atoms in total. The van der Waals surface area contributed by atoms with Crippen LogP contribution in [0.5, 0.6) is 0 Å². The molecule has 0 atom stereocenters. The fraction of sp³-hybridized carbons (Fsp3) is 0.154. The molecule has 0 aliphatic rings. The van der Waals surface area contributed by atoms with Gasteiger partial charge in [0.15, 0.2) is 5.82 Å². The summed E-state index contributed by atoms with van der Waals surface area (Å²) in [6.07, 6.45) is 2.48. The van der Waals surface area contributed by atoms with Gasteiger partial charge in [0, 0.05) is 12.2 Å². The topological polar surface area (TPSA) is 76.1 Å². The maximum Gasteiger partial charge on any atom is 0.407 e. The largest absolute Gasteiger partial charge is 0.453 e. The molecule has 0 radical (unpaired) electrons. The Labute approximate surface area is 121 Å². The molecule has 20 heavy (non-hydrogen) atoms. The molecule has 2 N–H and O–H groups in total. The summed E-state index contributed by atoms with van der Waals surface area (Å²) in [7, 11) is 1.33. The van der Waals surface area contributed by atoms with Crippen molar-refractivity contribution in [2.45, 2.75) is 6.54 Å². The zero-order valence-electron chi connectivity index (χ0n) is 10.8. The van der Waals surface area contributed by atoms with Gasteiger partial charge in [-0.15, -0.1) is 0 Å². The number of hydrogen-bond donors (Lipinski definition) is 2. The van der Waals surface area contributed by atoms with Crippen molar-refractivity contribution in [3.05, 3.63) is 47.4 Å². The number of methoxy groups -OCH3 is 1. The molecule has 1 heterocycles. The van der Waals surface area contributed by atoms with Crippen molar-refractivity contribution in [3.8, 4) is 0 Å². The van der Waals surface area contributed by atoms with E-state index < -0.39 is 6.09 Å². The van der Waals surface area contributed by atoms with Crippen LogP contribution in [0.1, 0.15) is 5.56 Å². The standard InChI is InChI=1S/C13H13ClN4O2/c1-20-13(19)16-6-9-2-4-10(5-3-9)18-12-11(14)7-15-8-17-12/h2-5,7-8H,6H2,1H3,(H,16,19)(H,15,17,18). The lowest BCUT2D eigenvalue weighted by molar-refractivity contribution is 0.170. The Morgan fingerprint density at radius 3 is 2.75 bits per heavy atom. The molecule has 0 saturated carbocycles. The van der Waals surface area contributed by atoms with E-state index in [2.05, 4.69) is 25.3 Å². The number of ether oxygens (including phenoxy) is 1. The van der Waals surface area contributed by atoms with E-state index >= 15 is 0 Å². The second kappa shape index (κ2) is 6.72. The average molecular weight is 293 g/mol. The Morgan fingerprint density at radius 1 is 1.35 bits per heavy atom. The molecular formula is C13H13ClN4O2. The first-order valence-electron chi connectivity index (χ1n) is 5.82. The molecule has 2 rings (SSSR count). The Balaban J connectivity index is 1.98. The molecule has 0 aliphatic heterocycles. The molecule has 1 aromatic heterocycles. The van der Waals surface area contributed by atoms with Crippen LogP contribution in [0.2, 0.25) is 5.02 Å². The zero-order valence-corrected chi connectivity index (χ0v) is 11.5. The van der Waals surface area contributed by atoms with Crippen molar-refractivity contribution in [2.75, 3.05) is 12.4 Å². The van der Waals surface area contributed by atoms with Gasteiger partial charge in [0.1, 0.15) is 11.3 Å². The van der Waals surface area contributed by atoms with Gasteiger partial charge in [-0.2, -0.15) is 0 Å². The van der Waals surface area contributed by atoms with Gasteiger partial charge in [-0.05, 0) is 17.7 Å². The van der Waals surface area contributed by atoms with E-state index in [1.807, 2.05) is 24.3 Å². The van der Waals surface area contributed by atoms with Crippen LogP contribution in [-0.2, 0) is 11.3 Å². The van der Waals surface area contributed by atoms with E-state index in [0.717, 1.165) is 11.3 Å². The van der Waals surface area contributed by atoms with Crippen molar-refractivity contribution in [1.29, 1.82) is 0 Å². The number of amides is 1. The van der Waals surface area contributed by atoms with E-state index in [0.29, 0.717) is 17.4 Å². The zero-order chi connectivity index (χ0) is 14.4. The van der Waals surface area contributed by atoms with Gasteiger partial charge in [-0.3, -0.25) is 0 Å². The number of rotatable bonds is 4. The van der Waals surface area contributed by atoms with Gasteiger partial charge in [-0.1, -0.05) is 23.7 Å². The molecule has 2 aromatic rings. The van der Waals surface area contributed by atoms with Crippen LogP contribution < -0.4 is 10.6 Å². The molecule has 0 aliphatic carbocycles. The molecular weight excluding hydrogens is 280 g/mol. The van der Waals surface area contributed by atoms with Crippen LogP contribution in [0, 0.1) is 0 Å². The van der Waals surface area contributed by atoms with E-state index in [1.165, 1.54) is 19.6 Å². The number of nitrogens with one attached hydrogen (secondary N) is 2. The first-order valence-corrected chi connectivity index (χ1v) is 6.20. The highest BCUT2D eigenvalue weighted by Crippen LogP contribution is 2.21. The SMILES string of the molecule is COC(=O)NCc1ccc(Nc2ncncc2Cl)cc1. The minimum Gasteiger partial charge on any atom is -0.453 e. The second-order valence-corrected chi connectivity index (χ2v) is 4.29. The summed E-state index contributed by atoms with van der Waals surface area (Å²) in [6, 6.07) is 7.50. The summed E-state index contributed by atoms with van der Waals surface area (Å²) < 4.78 is 4.50. The molecule has 7 heteroatoms. The van der Waals surface area contributed by atoms with Gasteiger partial charge in [-0.25, -0.2) is 14.8 Å². The first-order chi connectivity index (χ1) is 9.69. The number of carbonyl (C=O) groups is 1. The van der Waals surface area contributed by atoms with Crippen molar-refractivity contribution >= 4 is 29.2 Å². The number of halogens is 1. The van der Waals surface area contributed by atoms with E-state index in [9.17, 15) is 4.79 Å². The molecule has 0 unspecified atom stereocenters. The summed E-state index contributed by atoms with van der Waals surface area (Å²) in [5, 5.41) is 6.13. The van der Waals surface area contributed by atoms with Crippen molar-refractivity contribution in [3.63, 3.8) is 0 Å². The van der Waals surface area contributed by atoms with Crippen molar-refractivity contribution in [2.24, 2.45) is 0 Å². The molecule has 1 amide bonds. The number of nitrogens with zero attached hydrogens (tertiary/aromatic N) is 2. The van der Waals surface area contributed by atoms with Gasteiger partial charge >= 0.3 is 6.09 Å². The summed E-state index contributed by atoms with van der Waals surface area (Å²) in [6.45, 7) is 0.404. The van der Waals surface area contributed by atoms with Gasteiger partial charge < -0.3 is 15.4 Å². The molecule has 0 bridgehead atoms. The maximum absolute atomic E-state index is 11.0. The number of anilines is 2. The lowest BCUT2D eigenvalue weighted by atomic mass is 10.2. The molecule has 0 spiro atoms. The highest BCUT2D eigenvalue weighted by atomic mass is 35.5. The molecule has 104 valence electrons. The molecule has 1 aromatic carbocycles. The quantitative estimate of drug-likeness (QED) is 0.906. The third kappa shape index (κ3) is 3.83. The van der Waals surface area contributed by atoms with E-state index in [1.54, 1.807) is 0 Å². The van der Waals surface area contributed by atoms with Crippen molar-refractivity contribution in [1.82, 2.24) is 15.3 Å². The lowest BCUT2D eigenvalue weighted by Gasteiger charge is -2.08. The van der Waals surface area contributed by atoms with Crippen LogP contribution in [-0.4, -0.2) is 23.2 Å². The van der Waals surface area contributed by atoms with Crippen LogP contribution in [0.15, 0.2) is 36.8 Å². The summed E-state index contributed by atoms with van der Waals surface area (Å²) in [4.78, 5) is 18.8. The number of aromatic nitrogens is 2. The minimum absolute atomic E-state index is 0.404. The normalized spacial score (nSPS) is 9.90.